The van der Waals surface area contributed by atoms with E-state index in [9.17, 15) is 13.2 Å². The van der Waals surface area contributed by atoms with Crippen LogP contribution in [-0.2, 0) is 0 Å². The zero-order valence-corrected chi connectivity index (χ0v) is 10.7. The van der Waals surface area contributed by atoms with Gasteiger partial charge in [0.25, 0.3) is 0 Å². The third-order valence-corrected chi connectivity index (χ3v) is 3.56. The van der Waals surface area contributed by atoms with Crippen molar-refractivity contribution in [1.82, 2.24) is 0 Å². The number of allylic oxidation sites excluding steroid dienone is 1. The Bertz CT molecular complexity index is 428. The third-order valence-electron chi connectivity index (χ3n) is 3.56. The molecule has 0 unspecified atom stereocenters. The fraction of sp³-hybridized carbons (Fsp3) is 0.467. The highest BCUT2D eigenvalue weighted by atomic mass is 19.4. The summed E-state index contributed by atoms with van der Waals surface area (Å²) in [5.74, 6) is 0.274. The summed E-state index contributed by atoms with van der Waals surface area (Å²) in [5.41, 5.74) is 1.93. The molecule has 104 valence electrons. The first-order chi connectivity index (χ1) is 8.96. The molecule has 1 aliphatic rings. The van der Waals surface area contributed by atoms with Crippen molar-refractivity contribution in [3.05, 3.63) is 36.4 Å². The summed E-state index contributed by atoms with van der Waals surface area (Å²) in [7, 11) is 0. The number of hydrogen-bond donors (Lipinski definition) is 0. The zero-order chi connectivity index (χ0) is 13.9. The molecular formula is C15H17F3O. The lowest BCUT2D eigenvalue weighted by atomic mass is 9.82. The van der Waals surface area contributed by atoms with E-state index in [-0.39, 0.29) is 5.75 Å². The van der Waals surface area contributed by atoms with Gasteiger partial charge in [-0.15, -0.1) is 13.2 Å². The lowest BCUT2D eigenvalue weighted by Gasteiger charge is -2.24. The van der Waals surface area contributed by atoms with E-state index in [4.69, 9.17) is 0 Å². The predicted molar refractivity (Wildman–Crippen MR) is 68.7 cm³/mol. The van der Waals surface area contributed by atoms with E-state index < -0.39 is 6.36 Å². The van der Waals surface area contributed by atoms with Crippen molar-refractivity contribution in [2.75, 3.05) is 0 Å². The standard InChI is InChI=1S/C15H17F3O/c1-11(12-5-3-2-4-6-12)13-7-9-14(10-8-13)19-15(16,17)18/h7-10,12H,1-6H2. The van der Waals surface area contributed by atoms with Gasteiger partial charge in [0, 0.05) is 0 Å². The van der Waals surface area contributed by atoms with Crippen molar-refractivity contribution in [2.45, 2.75) is 38.5 Å². The van der Waals surface area contributed by atoms with E-state index in [0.29, 0.717) is 5.92 Å². The van der Waals surface area contributed by atoms with Crippen LogP contribution in [0.15, 0.2) is 30.8 Å². The Morgan fingerprint density at radius 1 is 1.05 bits per heavy atom. The highest BCUT2D eigenvalue weighted by molar-refractivity contribution is 5.65. The molecule has 1 saturated carbocycles. The van der Waals surface area contributed by atoms with Crippen LogP contribution in [0.25, 0.3) is 5.57 Å². The number of hydrogen-bond acceptors (Lipinski definition) is 1. The highest BCUT2D eigenvalue weighted by Crippen LogP contribution is 2.35. The molecule has 0 radical (unpaired) electrons. The van der Waals surface area contributed by atoms with E-state index in [2.05, 4.69) is 11.3 Å². The predicted octanol–water partition coefficient (Wildman–Crippen LogP) is 5.18. The van der Waals surface area contributed by atoms with Crippen molar-refractivity contribution < 1.29 is 17.9 Å². The number of alkyl halides is 3. The summed E-state index contributed by atoms with van der Waals surface area (Å²) in [6.45, 7) is 4.09. The molecule has 1 aliphatic carbocycles. The Morgan fingerprint density at radius 3 is 2.16 bits per heavy atom. The first kappa shape index (κ1) is 14.0. The Labute approximate surface area is 111 Å². The number of ether oxygens (including phenoxy) is 1. The maximum Gasteiger partial charge on any atom is 0.573 e. The van der Waals surface area contributed by atoms with Crippen molar-refractivity contribution >= 4 is 5.57 Å². The van der Waals surface area contributed by atoms with E-state index >= 15 is 0 Å². The van der Waals surface area contributed by atoms with Gasteiger partial charge in [-0.3, -0.25) is 0 Å². The zero-order valence-electron chi connectivity index (χ0n) is 10.7. The van der Waals surface area contributed by atoms with Crippen molar-refractivity contribution in [2.24, 2.45) is 5.92 Å². The highest BCUT2D eigenvalue weighted by Gasteiger charge is 2.31. The van der Waals surface area contributed by atoms with Crippen LogP contribution in [-0.4, -0.2) is 6.36 Å². The summed E-state index contributed by atoms with van der Waals surface area (Å²) in [5, 5.41) is 0. The molecule has 19 heavy (non-hydrogen) atoms. The Balaban J connectivity index is 2.03. The minimum Gasteiger partial charge on any atom is -0.406 e. The van der Waals surface area contributed by atoms with E-state index in [1.54, 1.807) is 12.1 Å². The molecule has 0 amide bonds. The summed E-state index contributed by atoms with van der Waals surface area (Å²) >= 11 is 0. The third kappa shape index (κ3) is 4.01. The summed E-state index contributed by atoms with van der Waals surface area (Å²) in [6.07, 6.45) is 1.29. The molecular weight excluding hydrogens is 253 g/mol. The van der Waals surface area contributed by atoms with Crippen molar-refractivity contribution in [1.29, 1.82) is 0 Å². The van der Waals surface area contributed by atoms with Crippen LogP contribution in [0.3, 0.4) is 0 Å². The smallest absolute Gasteiger partial charge is 0.406 e. The molecule has 0 atom stereocenters. The maximum atomic E-state index is 12.1. The molecule has 1 aromatic carbocycles. The fourth-order valence-corrected chi connectivity index (χ4v) is 2.56. The van der Waals surface area contributed by atoms with Gasteiger partial charge in [-0.25, -0.2) is 0 Å². The number of rotatable bonds is 3. The Morgan fingerprint density at radius 2 is 1.63 bits per heavy atom. The first-order valence-electron chi connectivity index (χ1n) is 6.51. The van der Waals surface area contributed by atoms with Crippen LogP contribution in [0, 0.1) is 5.92 Å². The molecule has 1 nitrogen and oxygen atoms in total. The lowest BCUT2D eigenvalue weighted by Crippen LogP contribution is -2.17. The molecule has 0 N–H and O–H groups in total. The average Bonchev–Trinajstić information content (AvgIpc) is 2.38. The van der Waals surface area contributed by atoms with Crippen LogP contribution < -0.4 is 4.74 Å². The monoisotopic (exact) mass is 270 g/mol. The SMILES string of the molecule is C=C(c1ccc(OC(F)(F)F)cc1)C1CCCCC1. The van der Waals surface area contributed by atoms with Gasteiger partial charge >= 0.3 is 6.36 Å². The van der Waals surface area contributed by atoms with Crippen LogP contribution in [0.1, 0.15) is 37.7 Å². The van der Waals surface area contributed by atoms with Crippen molar-refractivity contribution in [3.63, 3.8) is 0 Å². The van der Waals surface area contributed by atoms with Crippen LogP contribution in [0.2, 0.25) is 0 Å². The van der Waals surface area contributed by atoms with Gasteiger partial charge in [0.1, 0.15) is 5.75 Å². The number of halogens is 3. The largest absolute Gasteiger partial charge is 0.573 e. The van der Waals surface area contributed by atoms with E-state index in [1.807, 2.05) is 0 Å². The molecule has 0 bridgehead atoms. The minimum absolute atomic E-state index is 0.187. The molecule has 1 fully saturated rings. The molecule has 0 aliphatic heterocycles. The topological polar surface area (TPSA) is 9.23 Å². The summed E-state index contributed by atoms with van der Waals surface area (Å²) in [6, 6.07) is 5.99. The van der Waals surface area contributed by atoms with Gasteiger partial charge in [0.05, 0.1) is 0 Å². The summed E-state index contributed by atoms with van der Waals surface area (Å²) in [4.78, 5) is 0. The van der Waals surface area contributed by atoms with Crippen molar-refractivity contribution in [3.8, 4) is 5.75 Å². The van der Waals surface area contributed by atoms with Gasteiger partial charge in [0.2, 0.25) is 0 Å². The average molecular weight is 270 g/mol. The fourth-order valence-electron chi connectivity index (χ4n) is 2.56. The van der Waals surface area contributed by atoms with Crippen LogP contribution in [0.5, 0.6) is 5.75 Å². The molecule has 0 saturated heterocycles. The Kier molecular flexibility index (Phi) is 4.17. The Hall–Kier alpha value is -1.45. The second-order valence-electron chi connectivity index (χ2n) is 4.93. The summed E-state index contributed by atoms with van der Waals surface area (Å²) < 4.78 is 40.0. The van der Waals surface area contributed by atoms with Gasteiger partial charge in [-0.1, -0.05) is 38.0 Å². The molecule has 0 heterocycles. The van der Waals surface area contributed by atoms with Gasteiger partial charge < -0.3 is 4.74 Å². The normalized spacial score (nSPS) is 17.2. The van der Waals surface area contributed by atoms with Gasteiger partial charge in [-0.2, -0.15) is 0 Å². The van der Waals surface area contributed by atoms with Crippen LogP contribution in [0.4, 0.5) is 13.2 Å². The lowest BCUT2D eigenvalue weighted by molar-refractivity contribution is -0.274. The van der Waals surface area contributed by atoms with E-state index in [1.165, 1.54) is 31.4 Å². The second kappa shape index (κ2) is 5.68. The maximum absolute atomic E-state index is 12.1. The molecule has 1 aromatic rings. The molecule has 0 aromatic heterocycles. The van der Waals surface area contributed by atoms with Gasteiger partial charge in [0.15, 0.2) is 0 Å². The quantitative estimate of drug-likeness (QED) is 0.735. The molecule has 2 rings (SSSR count). The minimum atomic E-state index is -4.64. The van der Waals surface area contributed by atoms with Crippen LogP contribution >= 0.6 is 0 Å². The molecule has 4 heteroatoms. The number of benzene rings is 1. The first-order valence-corrected chi connectivity index (χ1v) is 6.51. The molecule has 0 spiro atoms. The second-order valence-corrected chi connectivity index (χ2v) is 4.93. The van der Waals surface area contributed by atoms with Gasteiger partial charge in [-0.05, 0) is 42.0 Å². The van der Waals surface area contributed by atoms with E-state index in [0.717, 1.165) is 24.0 Å².